The van der Waals surface area contributed by atoms with Crippen LogP contribution in [0.25, 0.3) is 0 Å². The Labute approximate surface area is 120 Å². The number of methoxy groups -OCH3 is 1. The van der Waals surface area contributed by atoms with Crippen LogP contribution in [-0.2, 0) is 13.0 Å². The minimum atomic E-state index is 0.0844. The second kappa shape index (κ2) is 6.96. The maximum absolute atomic E-state index is 5.97. The summed E-state index contributed by atoms with van der Waals surface area (Å²) in [5.74, 6) is 1.54. The van der Waals surface area contributed by atoms with E-state index < -0.39 is 0 Å². The lowest BCUT2D eigenvalue weighted by molar-refractivity contribution is 0.281. The van der Waals surface area contributed by atoms with E-state index in [0.29, 0.717) is 6.61 Å². The van der Waals surface area contributed by atoms with Crippen LogP contribution < -0.4 is 15.2 Å². The number of para-hydroxylation sites is 1. The summed E-state index contributed by atoms with van der Waals surface area (Å²) in [6, 6.07) is 16.1. The highest BCUT2D eigenvalue weighted by Gasteiger charge is 2.12. The largest absolute Gasteiger partial charge is 0.493 e. The predicted molar refractivity (Wildman–Crippen MR) is 81.1 cm³/mol. The monoisotopic (exact) mass is 271 g/mol. The van der Waals surface area contributed by atoms with Crippen molar-refractivity contribution in [2.75, 3.05) is 7.11 Å². The van der Waals surface area contributed by atoms with Crippen molar-refractivity contribution in [1.29, 1.82) is 0 Å². The number of benzene rings is 2. The van der Waals surface area contributed by atoms with E-state index in [1.165, 1.54) is 0 Å². The van der Waals surface area contributed by atoms with Crippen LogP contribution >= 0.6 is 0 Å². The normalized spacial score (nSPS) is 11.9. The van der Waals surface area contributed by atoms with Gasteiger partial charge in [0.15, 0.2) is 11.5 Å². The van der Waals surface area contributed by atoms with Crippen LogP contribution in [0, 0.1) is 0 Å². The highest BCUT2D eigenvalue weighted by Crippen LogP contribution is 2.32. The van der Waals surface area contributed by atoms with Gasteiger partial charge in [0.05, 0.1) is 7.11 Å². The third kappa shape index (κ3) is 3.75. The molecule has 0 spiro atoms. The minimum Gasteiger partial charge on any atom is -0.493 e. The lowest BCUT2D eigenvalue weighted by Crippen LogP contribution is -2.18. The average molecular weight is 271 g/mol. The van der Waals surface area contributed by atoms with Crippen molar-refractivity contribution in [3.8, 4) is 11.5 Å². The number of nitrogens with two attached hydrogens (primary N) is 1. The van der Waals surface area contributed by atoms with E-state index in [1.807, 2.05) is 55.5 Å². The fourth-order valence-corrected chi connectivity index (χ4v) is 2.12. The molecule has 106 valence electrons. The van der Waals surface area contributed by atoms with Gasteiger partial charge in [0.25, 0.3) is 0 Å². The molecule has 0 heterocycles. The van der Waals surface area contributed by atoms with E-state index in [-0.39, 0.29) is 6.04 Å². The van der Waals surface area contributed by atoms with Crippen LogP contribution in [0.15, 0.2) is 48.5 Å². The molecule has 0 aliphatic heterocycles. The SMILES string of the molecule is COc1cccc(CC(C)N)c1OCc1ccccc1. The molecule has 0 aliphatic carbocycles. The van der Waals surface area contributed by atoms with Gasteiger partial charge in [-0.3, -0.25) is 0 Å². The first-order valence-corrected chi connectivity index (χ1v) is 6.79. The summed E-state index contributed by atoms with van der Waals surface area (Å²) < 4.78 is 11.4. The van der Waals surface area contributed by atoms with E-state index >= 15 is 0 Å². The van der Waals surface area contributed by atoms with Gasteiger partial charge in [-0.15, -0.1) is 0 Å². The molecule has 0 bridgehead atoms. The first kappa shape index (κ1) is 14.4. The number of hydrogen-bond acceptors (Lipinski definition) is 3. The van der Waals surface area contributed by atoms with Crippen LogP contribution in [0.5, 0.6) is 11.5 Å². The smallest absolute Gasteiger partial charge is 0.164 e. The third-order valence-electron chi connectivity index (χ3n) is 3.05. The predicted octanol–water partition coefficient (Wildman–Crippen LogP) is 3.16. The number of rotatable bonds is 6. The molecule has 3 heteroatoms. The Bertz CT molecular complexity index is 538. The molecule has 3 nitrogen and oxygen atoms in total. The molecule has 0 amide bonds. The van der Waals surface area contributed by atoms with Crippen molar-refractivity contribution in [3.05, 3.63) is 59.7 Å². The Morgan fingerprint density at radius 3 is 2.45 bits per heavy atom. The van der Waals surface area contributed by atoms with Crippen molar-refractivity contribution in [2.24, 2.45) is 5.73 Å². The topological polar surface area (TPSA) is 44.5 Å². The molecule has 0 saturated carbocycles. The molecule has 2 N–H and O–H groups in total. The molecule has 1 unspecified atom stereocenters. The van der Waals surface area contributed by atoms with Crippen molar-refractivity contribution in [3.63, 3.8) is 0 Å². The number of hydrogen-bond donors (Lipinski definition) is 1. The van der Waals surface area contributed by atoms with E-state index in [9.17, 15) is 0 Å². The second-order valence-corrected chi connectivity index (χ2v) is 4.90. The fraction of sp³-hybridized carbons (Fsp3) is 0.294. The van der Waals surface area contributed by atoms with E-state index in [2.05, 4.69) is 0 Å². The van der Waals surface area contributed by atoms with Gasteiger partial charge < -0.3 is 15.2 Å². The molecule has 0 radical (unpaired) electrons. The summed E-state index contributed by atoms with van der Waals surface area (Å²) in [5, 5.41) is 0. The van der Waals surface area contributed by atoms with Gasteiger partial charge in [-0.2, -0.15) is 0 Å². The fourth-order valence-electron chi connectivity index (χ4n) is 2.12. The minimum absolute atomic E-state index is 0.0844. The van der Waals surface area contributed by atoms with Crippen LogP contribution in [0.1, 0.15) is 18.1 Å². The van der Waals surface area contributed by atoms with Gasteiger partial charge in [0, 0.05) is 6.04 Å². The molecule has 0 fully saturated rings. The zero-order valence-corrected chi connectivity index (χ0v) is 12.0. The van der Waals surface area contributed by atoms with Gasteiger partial charge in [-0.25, -0.2) is 0 Å². The van der Waals surface area contributed by atoms with Crippen LogP contribution in [0.4, 0.5) is 0 Å². The maximum Gasteiger partial charge on any atom is 0.164 e. The van der Waals surface area contributed by atoms with Crippen molar-refractivity contribution in [2.45, 2.75) is 26.0 Å². The lowest BCUT2D eigenvalue weighted by atomic mass is 10.1. The zero-order chi connectivity index (χ0) is 14.4. The Kier molecular flexibility index (Phi) is 5.02. The van der Waals surface area contributed by atoms with Crippen molar-refractivity contribution >= 4 is 0 Å². The Hall–Kier alpha value is -2.00. The first-order chi connectivity index (χ1) is 9.70. The highest BCUT2D eigenvalue weighted by molar-refractivity contribution is 5.47. The van der Waals surface area contributed by atoms with Crippen molar-refractivity contribution < 1.29 is 9.47 Å². The summed E-state index contributed by atoms with van der Waals surface area (Å²) >= 11 is 0. The molecule has 2 aromatic rings. The number of ether oxygens (including phenoxy) is 2. The van der Waals surface area contributed by atoms with Gasteiger partial charge >= 0.3 is 0 Å². The molecular formula is C17H21NO2. The van der Waals surface area contributed by atoms with E-state index in [0.717, 1.165) is 29.0 Å². The summed E-state index contributed by atoms with van der Waals surface area (Å²) in [6.07, 6.45) is 0.765. The average Bonchev–Trinajstić information content (AvgIpc) is 2.46. The Morgan fingerprint density at radius 1 is 1.05 bits per heavy atom. The molecule has 20 heavy (non-hydrogen) atoms. The molecule has 2 aromatic carbocycles. The molecule has 1 atom stereocenters. The maximum atomic E-state index is 5.97. The second-order valence-electron chi connectivity index (χ2n) is 4.90. The molecule has 0 aliphatic rings. The third-order valence-corrected chi connectivity index (χ3v) is 3.05. The highest BCUT2D eigenvalue weighted by atomic mass is 16.5. The van der Waals surface area contributed by atoms with Gasteiger partial charge in [0.1, 0.15) is 6.61 Å². The van der Waals surface area contributed by atoms with E-state index in [4.69, 9.17) is 15.2 Å². The standard InChI is InChI=1S/C17H21NO2/c1-13(18)11-15-9-6-10-16(19-2)17(15)20-12-14-7-4-3-5-8-14/h3-10,13H,11-12,18H2,1-2H3. The summed E-state index contributed by atoms with van der Waals surface area (Å²) in [5.41, 5.74) is 8.10. The van der Waals surface area contributed by atoms with Gasteiger partial charge in [0.2, 0.25) is 0 Å². The molecular weight excluding hydrogens is 250 g/mol. The van der Waals surface area contributed by atoms with Gasteiger partial charge in [-0.1, -0.05) is 42.5 Å². The Morgan fingerprint density at radius 2 is 1.80 bits per heavy atom. The first-order valence-electron chi connectivity index (χ1n) is 6.79. The Balaban J connectivity index is 2.19. The zero-order valence-electron chi connectivity index (χ0n) is 12.0. The van der Waals surface area contributed by atoms with Crippen LogP contribution in [-0.4, -0.2) is 13.2 Å². The lowest BCUT2D eigenvalue weighted by Gasteiger charge is -2.16. The molecule has 2 rings (SSSR count). The quantitative estimate of drug-likeness (QED) is 0.877. The van der Waals surface area contributed by atoms with Crippen LogP contribution in [0.2, 0.25) is 0 Å². The summed E-state index contributed by atoms with van der Waals surface area (Å²) in [4.78, 5) is 0. The molecule has 0 aromatic heterocycles. The van der Waals surface area contributed by atoms with E-state index in [1.54, 1.807) is 7.11 Å². The van der Waals surface area contributed by atoms with Crippen LogP contribution in [0.3, 0.4) is 0 Å². The van der Waals surface area contributed by atoms with Gasteiger partial charge in [-0.05, 0) is 30.5 Å². The van der Waals surface area contributed by atoms with Crippen molar-refractivity contribution in [1.82, 2.24) is 0 Å². The summed E-state index contributed by atoms with van der Waals surface area (Å²) in [7, 11) is 1.65. The summed E-state index contributed by atoms with van der Waals surface area (Å²) in [6.45, 7) is 2.51. The molecule has 0 saturated heterocycles.